The smallest absolute Gasteiger partial charge is 0.246 e. The molecule has 0 radical (unpaired) electrons. The number of amides is 2. The molecule has 3 N–H and O–H groups in total. The van der Waals surface area contributed by atoms with Crippen LogP contribution >= 0.6 is 0 Å². The third kappa shape index (κ3) is 10.6. The number of pyridine rings is 1. The van der Waals surface area contributed by atoms with Crippen LogP contribution in [0.1, 0.15) is 44.4 Å². The van der Waals surface area contributed by atoms with Crippen LogP contribution < -0.4 is 16.0 Å². The van der Waals surface area contributed by atoms with Gasteiger partial charge in [0.2, 0.25) is 17.8 Å². The van der Waals surface area contributed by atoms with Gasteiger partial charge in [0.25, 0.3) is 0 Å². The van der Waals surface area contributed by atoms with Crippen molar-refractivity contribution in [3.63, 3.8) is 0 Å². The maximum Gasteiger partial charge on any atom is 0.246 e. The van der Waals surface area contributed by atoms with Gasteiger partial charge in [-0.1, -0.05) is 24.8 Å². The lowest BCUT2D eigenvalue weighted by atomic mass is 10.2. The van der Waals surface area contributed by atoms with Crippen LogP contribution in [0.3, 0.4) is 0 Å². The largest absolute Gasteiger partial charge is 0.369 e. The van der Waals surface area contributed by atoms with Gasteiger partial charge in [-0.05, 0) is 52.9 Å². The van der Waals surface area contributed by atoms with Gasteiger partial charge in [0.1, 0.15) is 11.9 Å². The third-order valence-electron chi connectivity index (χ3n) is 5.54. The molecule has 10 heteroatoms. The number of aryl methyl sites for hydroxylation is 1. The summed E-state index contributed by atoms with van der Waals surface area (Å²) in [5, 5.41) is 9.36. The van der Waals surface area contributed by atoms with Crippen LogP contribution in [0.2, 0.25) is 0 Å². The Balaban J connectivity index is 1.87. The number of likely N-dealkylation sites (N-methyl/N-ethyl adjacent to an activating group) is 2. The van der Waals surface area contributed by atoms with Crippen molar-refractivity contribution in [2.24, 2.45) is 0 Å². The molecule has 0 saturated heterocycles. The van der Waals surface area contributed by atoms with Crippen LogP contribution in [-0.2, 0) is 9.59 Å². The number of rotatable bonds is 13. The normalized spacial score (nSPS) is 11.6. The maximum absolute atomic E-state index is 12.4. The van der Waals surface area contributed by atoms with E-state index in [4.69, 9.17) is 0 Å². The highest BCUT2D eigenvalue weighted by molar-refractivity contribution is 5.92. The lowest BCUT2D eigenvalue weighted by molar-refractivity contribution is -0.135. The molecule has 0 unspecified atom stereocenters. The van der Waals surface area contributed by atoms with Gasteiger partial charge in [0, 0.05) is 44.9 Å². The number of unbranched alkanes of at least 4 members (excludes halogenated alkanes) is 1. The van der Waals surface area contributed by atoms with Gasteiger partial charge >= 0.3 is 0 Å². The average Bonchev–Trinajstić information content (AvgIpc) is 2.90. The molecule has 0 aliphatic heterocycles. The summed E-state index contributed by atoms with van der Waals surface area (Å²) in [4.78, 5) is 41.3. The first-order valence-electron chi connectivity index (χ1n) is 12.9. The van der Waals surface area contributed by atoms with Crippen LogP contribution in [0.5, 0.6) is 0 Å². The molecule has 1 atom stereocenters. The zero-order chi connectivity index (χ0) is 27.9. The molecule has 38 heavy (non-hydrogen) atoms. The molecular formula is C28H40N8O2. The summed E-state index contributed by atoms with van der Waals surface area (Å²) in [7, 11) is 5.48. The van der Waals surface area contributed by atoms with Crippen molar-refractivity contribution in [1.29, 1.82) is 0 Å². The van der Waals surface area contributed by atoms with Crippen molar-refractivity contribution in [2.75, 3.05) is 51.4 Å². The second-order valence-electron chi connectivity index (χ2n) is 9.18. The minimum Gasteiger partial charge on any atom is -0.369 e. The van der Waals surface area contributed by atoms with Crippen molar-refractivity contribution in [3.8, 4) is 11.8 Å². The SMILES string of the molecule is CCCNc1nc(Nc2ccc(C)nc2)ncc1C#CCCCNC(=O)[C@H](C)N(C)C(=O)C=CCN(C)C. The van der Waals surface area contributed by atoms with E-state index in [1.165, 1.54) is 11.0 Å². The van der Waals surface area contributed by atoms with Crippen molar-refractivity contribution < 1.29 is 9.59 Å². The molecule has 10 nitrogen and oxygen atoms in total. The Kier molecular flexibility index (Phi) is 12.7. The summed E-state index contributed by atoms with van der Waals surface area (Å²) in [5.41, 5.74) is 2.46. The molecular weight excluding hydrogens is 480 g/mol. The fraction of sp³-hybridized carbons (Fsp3) is 0.464. The molecule has 0 saturated carbocycles. The molecule has 0 spiro atoms. The Morgan fingerprint density at radius 2 is 1.92 bits per heavy atom. The molecule has 0 aliphatic carbocycles. The Morgan fingerprint density at radius 3 is 2.61 bits per heavy atom. The lowest BCUT2D eigenvalue weighted by Gasteiger charge is -2.23. The zero-order valence-corrected chi connectivity index (χ0v) is 23.3. The Morgan fingerprint density at radius 1 is 1.13 bits per heavy atom. The summed E-state index contributed by atoms with van der Waals surface area (Å²) in [6.45, 7) is 7.64. The number of nitrogens with one attached hydrogen (secondary N) is 3. The van der Waals surface area contributed by atoms with E-state index in [0.29, 0.717) is 43.3 Å². The van der Waals surface area contributed by atoms with Gasteiger partial charge in [-0.15, -0.1) is 0 Å². The predicted molar refractivity (Wildman–Crippen MR) is 152 cm³/mol. The maximum atomic E-state index is 12.4. The number of hydrogen-bond acceptors (Lipinski definition) is 8. The first-order chi connectivity index (χ1) is 18.2. The standard InChI is InChI=1S/C28H40N8O2/c1-7-16-29-26-23(19-32-28(34-26)33-24-15-14-21(2)31-20-24)12-9-8-10-17-30-27(38)22(3)36(6)25(37)13-11-18-35(4)5/h11,13-15,19-20,22H,7-8,10,16-18H2,1-6H3,(H,30,38)(H2,29,32,33,34)/t22-/m0/s1. The summed E-state index contributed by atoms with van der Waals surface area (Å²) < 4.78 is 0. The van der Waals surface area contributed by atoms with Crippen LogP contribution in [0.25, 0.3) is 0 Å². The van der Waals surface area contributed by atoms with Gasteiger partial charge < -0.3 is 25.8 Å². The lowest BCUT2D eigenvalue weighted by Crippen LogP contribution is -2.45. The third-order valence-corrected chi connectivity index (χ3v) is 5.54. The molecule has 0 aromatic carbocycles. The number of aromatic nitrogens is 3. The summed E-state index contributed by atoms with van der Waals surface area (Å²) in [6.07, 6.45) is 8.95. The van der Waals surface area contributed by atoms with E-state index in [0.717, 1.165) is 24.3 Å². The second kappa shape index (κ2) is 16.0. The Bertz CT molecular complexity index is 1140. The molecule has 2 heterocycles. The van der Waals surface area contributed by atoms with Crippen LogP contribution in [0.4, 0.5) is 17.5 Å². The van der Waals surface area contributed by atoms with Crippen molar-refractivity contribution in [1.82, 2.24) is 30.1 Å². The van der Waals surface area contributed by atoms with Gasteiger partial charge in [0.05, 0.1) is 23.6 Å². The van der Waals surface area contributed by atoms with E-state index >= 15 is 0 Å². The average molecular weight is 521 g/mol. The number of anilines is 3. The Labute approximate surface area is 226 Å². The number of hydrogen-bond donors (Lipinski definition) is 3. The minimum absolute atomic E-state index is 0.193. The van der Waals surface area contributed by atoms with Gasteiger partial charge in [0.15, 0.2) is 0 Å². The van der Waals surface area contributed by atoms with Gasteiger partial charge in [-0.25, -0.2) is 4.98 Å². The highest BCUT2D eigenvalue weighted by Crippen LogP contribution is 2.17. The van der Waals surface area contributed by atoms with E-state index in [1.54, 1.807) is 32.4 Å². The number of nitrogens with zero attached hydrogens (tertiary/aromatic N) is 5. The van der Waals surface area contributed by atoms with Crippen LogP contribution in [0.15, 0.2) is 36.7 Å². The Hall–Kier alpha value is -3.97. The molecule has 2 aromatic rings. The van der Waals surface area contributed by atoms with Gasteiger partial charge in [-0.3, -0.25) is 14.6 Å². The fourth-order valence-electron chi connectivity index (χ4n) is 3.12. The monoisotopic (exact) mass is 520 g/mol. The van der Waals surface area contributed by atoms with Crippen LogP contribution in [-0.4, -0.2) is 83.4 Å². The van der Waals surface area contributed by atoms with Crippen molar-refractivity contribution in [3.05, 3.63) is 47.9 Å². The van der Waals surface area contributed by atoms with E-state index in [1.807, 2.05) is 38.1 Å². The first-order valence-corrected chi connectivity index (χ1v) is 12.9. The highest BCUT2D eigenvalue weighted by Gasteiger charge is 2.20. The highest BCUT2D eigenvalue weighted by atomic mass is 16.2. The molecule has 0 fully saturated rings. The van der Waals surface area contributed by atoms with Crippen molar-refractivity contribution >= 4 is 29.3 Å². The number of carbonyl (C=O) groups excluding carboxylic acids is 2. The summed E-state index contributed by atoms with van der Waals surface area (Å²) in [6, 6.07) is 3.28. The van der Waals surface area contributed by atoms with Crippen molar-refractivity contribution in [2.45, 2.75) is 46.1 Å². The zero-order valence-electron chi connectivity index (χ0n) is 23.3. The minimum atomic E-state index is -0.565. The number of carbonyl (C=O) groups is 2. The van der Waals surface area contributed by atoms with Crippen LogP contribution in [0, 0.1) is 18.8 Å². The summed E-state index contributed by atoms with van der Waals surface area (Å²) >= 11 is 0. The van der Waals surface area contributed by atoms with E-state index < -0.39 is 6.04 Å². The molecule has 0 aliphatic rings. The molecule has 2 aromatic heterocycles. The quantitative estimate of drug-likeness (QED) is 0.210. The molecule has 2 amide bonds. The van der Waals surface area contributed by atoms with E-state index in [9.17, 15) is 9.59 Å². The topological polar surface area (TPSA) is 115 Å². The fourth-order valence-corrected chi connectivity index (χ4v) is 3.12. The molecule has 2 rings (SSSR count). The van der Waals surface area contributed by atoms with E-state index in [-0.39, 0.29) is 11.8 Å². The second-order valence-corrected chi connectivity index (χ2v) is 9.18. The van der Waals surface area contributed by atoms with Gasteiger partial charge in [-0.2, -0.15) is 4.98 Å². The molecule has 204 valence electrons. The molecule has 0 bridgehead atoms. The van der Waals surface area contributed by atoms with E-state index in [2.05, 4.69) is 49.7 Å². The summed E-state index contributed by atoms with van der Waals surface area (Å²) in [5.74, 6) is 7.02. The first kappa shape index (κ1) is 30.3. The predicted octanol–water partition coefficient (Wildman–Crippen LogP) is 2.96.